The van der Waals surface area contributed by atoms with Gasteiger partial charge >= 0.3 is 0 Å². The average molecular weight is 290 g/mol. The van der Waals surface area contributed by atoms with Gasteiger partial charge in [0.1, 0.15) is 11.5 Å². The second-order valence-corrected chi connectivity index (χ2v) is 5.60. The molecule has 0 bridgehead atoms. The van der Waals surface area contributed by atoms with Gasteiger partial charge in [-0.1, -0.05) is 6.92 Å². The summed E-state index contributed by atoms with van der Waals surface area (Å²) in [4.78, 5) is 2.37. The molecule has 2 heterocycles. The second-order valence-electron chi connectivity index (χ2n) is 5.60. The molecule has 0 radical (unpaired) electrons. The molecule has 5 nitrogen and oxygen atoms in total. The van der Waals surface area contributed by atoms with Crippen LogP contribution in [0.25, 0.3) is 11.5 Å². The fourth-order valence-corrected chi connectivity index (χ4v) is 2.24. The van der Waals surface area contributed by atoms with E-state index < -0.39 is 0 Å². The fourth-order valence-electron chi connectivity index (χ4n) is 2.24. The molecule has 0 aliphatic carbocycles. The van der Waals surface area contributed by atoms with E-state index in [1.54, 1.807) is 0 Å². The Morgan fingerprint density at radius 2 is 2.24 bits per heavy atom. The van der Waals surface area contributed by atoms with Crippen molar-refractivity contribution >= 4 is 0 Å². The van der Waals surface area contributed by atoms with Crippen LogP contribution in [0.5, 0.6) is 0 Å². The molecule has 0 aliphatic heterocycles. The smallest absolute Gasteiger partial charge is 0.152 e. The second kappa shape index (κ2) is 7.43. The van der Waals surface area contributed by atoms with Gasteiger partial charge in [0.25, 0.3) is 0 Å². The van der Waals surface area contributed by atoms with Crippen LogP contribution in [0.2, 0.25) is 0 Å². The topological polar surface area (TPSA) is 57.1 Å². The summed E-state index contributed by atoms with van der Waals surface area (Å²) in [6, 6.07) is 4.57. The van der Waals surface area contributed by atoms with E-state index >= 15 is 0 Å². The van der Waals surface area contributed by atoms with E-state index in [0.717, 1.165) is 42.4 Å². The molecular weight excluding hydrogens is 264 g/mol. The number of hydrogen-bond donors (Lipinski definition) is 2. The van der Waals surface area contributed by atoms with Gasteiger partial charge in [0, 0.05) is 31.2 Å². The zero-order chi connectivity index (χ0) is 15.2. The third-order valence-corrected chi connectivity index (χ3v) is 4.00. The normalized spacial score (nSPS) is 13.0. The highest BCUT2D eigenvalue weighted by Crippen LogP contribution is 2.23. The standard InChI is InChI=1S/C16H26N4O/c1-5-12(2)20(4)9-8-17-10-14-11-18-19-16(14)15-7-6-13(3)21-15/h6-7,11-12,17H,5,8-10H2,1-4H3,(H,18,19). The molecule has 0 saturated heterocycles. The summed E-state index contributed by atoms with van der Waals surface area (Å²) in [6.45, 7) is 9.22. The van der Waals surface area contributed by atoms with Gasteiger partial charge in [0.05, 0.1) is 6.20 Å². The molecule has 2 aromatic heterocycles. The minimum atomic E-state index is 0.627. The van der Waals surface area contributed by atoms with E-state index in [4.69, 9.17) is 4.42 Å². The van der Waals surface area contributed by atoms with Crippen LogP contribution in [-0.2, 0) is 6.54 Å². The highest BCUT2D eigenvalue weighted by molar-refractivity contribution is 5.56. The first-order valence-electron chi connectivity index (χ1n) is 7.61. The summed E-state index contributed by atoms with van der Waals surface area (Å²) in [7, 11) is 2.17. The van der Waals surface area contributed by atoms with Crippen molar-refractivity contribution in [2.24, 2.45) is 0 Å². The summed E-state index contributed by atoms with van der Waals surface area (Å²) >= 11 is 0. The molecule has 5 heteroatoms. The third-order valence-electron chi connectivity index (χ3n) is 4.00. The first-order valence-corrected chi connectivity index (χ1v) is 7.61. The highest BCUT2D eigenvalue weighted by atomic mass is 16.3. The Balaban J connectivity index is 1.83. The molecule has 1 atom stereocenters. The number of H-pyrrole nitrogens is 1. The Kier molecular flexibility index (Phi) is 5.59. The zero-order valence-corrected chi connectivity index (χ0v) is 13.4. The van der Waals surface area contributed by atoms with Gasteiger partial charge in [0.15, 0.2) is 5.76 Å². The summed E-state index contributed by atoms with van der Waals surface area (Å²) < 4.78 is 5.65. The predicted octanol–water partition coefficient (Wildman–Crippen LogP) is 2.80. The van der Waals surface area contributed by atoms with E-state index in [-0.39, 0.29) is 0 Å². The molecule has 2 N–H and O–H groups in total. The number of aromatic amines is 1. The summed E-state index contributed by atoms with van der Waals surface area (Å²) in [5.41, 5.74) is 2.10. The third kappa shape index (κ3) is 4.19. The Morgan fingerprint density at radius 1 is 1.43 bits per heavy atom. The van der Waals surface area contributed by atoms with Crippen molar-refractivity contribution < 1.29 is 4.42 Å². The Hall–Kier alpha value is -1.59. The van der Waals surface area contributed by atoms with Crippen LogP contribution in [0.3, 0.4) is 0 Å². The monoisotopic (exact) mass is 290 g/mol. The van der Waals surface area contributed by atoms with E-state index in [1.807, 2.05) is 25.3 Å². The quantitative estimate of drug-likeness (QED) is 0.734. The summed E-state index contributed by atoms with van der Waals surface area (Å²) in [6.07, 6.45) is 3.04. The van der Waals surface area contributed by atoms with Crippen LogP contribution in [0, 0.1) is 6.92 Å². The van der Waals surface area contributed by atoms with Gasteiger partial charge in [-0.05, 0) is 39.4 Å². The lowest BCUT2D eigenvalue weighted by Crippen LogP contribution is -2.34. The van der Waals surface area contributed by atoms with E-state index in [2.05, 4.69) is 41.3 Å². The average Bonchev–Trinajstić information content (AvgIpc) is 3.10. The van der Waals surface area contributed by atoms with Crippen molar-refractivity contribution in [1.82, 2.24) is 20.4 Å². The number of aryl methyl sites for hydroxylation is 1. The number of nitrogens with zero attached hydrogens (tertiary/aromatic N) is 2. The van der Waals surface area contributed by atoms with Crippen molar-refractivity contribution in [3.05, 3.63) is 29.7 Å². The van der Waals surface area contributed by atoms with Crippen molar-refractivity contribution in [2.75, 3.05) is 20.1 Å². The van der Waals surface area contributed by atoms with E-state index in [1.165, 1.54) is 6.42 Å². The number of nitrogens with one attached hydrogen (secondary N) is 2. The zero-order valence-electron chi connectivity index (χ0n) is 13.4. The fraction of sp³-hybridized carbons (Fsp3) is 0.562. The molecule has 0 amide bonds. The molecule has 0 fully saturated rings. The van der Waals surface area contributed by atoms with Crippen LogP contribution < -0.4 is 5.32 Å². The Bertz CT molecular complexity index is 546. The van der Waals surface area contributed by atoms with Crippen LogP contribution in [-0.4, -0.2) is 41.3 Å². The highest BCUT2D eigenvalue weighted by Gasteiger charge is 2.11. The minimum absolute atomic E-state index is 0.627. The van der Waals surface area contributed by atoms with Crippen molar-refractivity contribution in [2.45, 2.75) is 39.8 Å². The number of aromatic nitrogens is 2. The minimum Gasteiger partial charge on any atom is -0.460 e. The molecule has 0 aromatic carbocycles. The summed E-state index contributed by atoms with van der Waals surface area (Å²) in [5, 5.41) is 10.6. The molecule has 2 aromatic rings. The molecule has 21 heavy (non-hydrogen) atoms. The lowest BCUT2D eigenvalue weighted by atomic mass is 10.2. The van der Waals surface area contributed by atoms with Crippen LogP contribution in [0.15, 0.2) is 22.7 Å². The molecular formula is C16H26N4O. The summed E-state index contributed by atoms with van der Waals surface area (Å²) in [5.74, 6) is 1.76. The maximum absolute atomic E-state index is 5.65. The number of furan rings is 1. The number of likely N-dealkylation sites (N-methyl/N-ethyl adjacent to an activating group) is 1. The van der Waals surface area contributed by atoms with E-state index in [0.29, 0.717) is 6.04 Å². The maximum Gasteiger partial charge on any atom is 0.152 e. The van der Waals surface area contributed by atoms with Crippen LogP contribution in [0.1, 0.15) is 31.6 Å². The molecule has 116 valence electrons. The molecule has 0 saturated carbocycles. The van der Waals surface area contributed by atoms with E-state index in [9.17, 15) is 0 Å². The Morgan fingerprint density at radius 3 is 2.90 bits per heavy atom. The predicted molar refractivity (Wildman–Crippen MR) is 85.1 cm³/mol. The first-order chi connectivity index (χ1) is 10.1. The Labute approximate surface area is 126 Å². The van der Waals surface area contributed by atoms with Crippen LogP contribution >= 0.6 is 0 Å². The SMILES string of the molecule is CCC(C)N(C)CCNCc1cn[nH]c1-c1ccc(C)o1. The van der Waals surface area contributed by atoms with Gasteiger partial charge in [0.2, 0.25) is 0 Å². The molecule has 1 unspecified atom stereocenters. The van der Waals surface area contributed by atoms with Gasteiger partial charge < -0.3 is 14.6 Å². The maximum atomic E-state index is 5.65. The van der Waals surface area contributed by atoms with Gasteiger partial charge in [-0.2, -0.15) is 5.10 Å². The van der Waals surface area contributed by atoms with Gasteiger partial charge in [-0.15, -0.1) is 0 Å². The first kappa shape index (κ1) is 15.8. The lowest BCUT2D eigenvalue weighted by molar-refractivity contribution is 0.252. The van der Waals surface area contributed by atoms with Crippen molar-refractivity contribution in [3.8, 4) is 11.5 Å². The largest absolute Gasteiger partial charge is 0.460 e. The molecule has 0 spiro atoms. The number of hydrogen-bond acceptors (Lipinski definition) is 4. The number of rotatable bonds is 8. The molecule has 0 aliphatic rings. The van der Waals surface area contributed by atoms with Crippen LogP contribution in [0.4, 0.5) is 0 Å². The van der Waals surface area contributed by atoms with Crippen molar-refractivity contribution in [3.63, 3.8) is 0 Å². The lowest BCUT2D eigenvalue weighted by Gasteiger charge is -2.23. The van der Waals surface area contributed by atoms with Gasteiger partial charge in [-0.25, -0.2) is 0 Å². The van der Waals surface area contributed by atoms with Gasteiger partial charge in [-0.3, -0.25) is 5.10 Å². The molecule has 2 rings (SSSR count). The van der Waals surface area contributed by atoms with Crippen molar-refractivity contribution in [1.29, 1.82) is 0 Å².